The van der Waals surface area contributed by atoms with Crippen molar-refractivity contribution in [2.45, 2.75) is 40.0 Å². The molecule has 2 atom stereocenters. The van der Waals surface area contributed by atoms with Crippen LogP contribution in [-0.4, -0.2) is 54.1 Å². The molecule has 132 valence electrons. The van der Waals surface area contributed by atoms with Crippen molar-refractivity contribution >= 4 is 17.9 Å². The molecule has 0 bridgehead atoms. The van der Waals surface area contributed by atoms with Crippen LogP contribution in [0.25, 0.3) is 0 Å². The number of nitrogens with one attached hydrogen (secondary N) is 2. The Hall–Kier alpha value is -1.79. The van der Waals surface area contributed by atoms with E-state index in [4.69, 9.17) is 5.11 Å². The van der Waals surface area contributed by atoms with Gasteiger partial charge in [-0.25, -0.2) is 4.79 Å². The normalized spacial score (nSPS) is 19.3. The second kappa shape index (κ2) is 9.37. The van der Waals surface area contributed by atoms with Crippen molar-refractivity contribution in [1.29, 1.82) is 0 Å². The van der Waals surface area contributed by atoms with Gasteiger partial charge in [0.05, 0.1) is 5.92 Å². The highest BCUT2D eigenvalue weighted by Crippen LogP contribution is 2.19. The fourth-order valence-corrected chi connectivity index (χ4v) is 2.51. The molecule has 0 aromatic carbocycles. The maximum Gasteiger partial charge on any atom is 0.317 e. The van der Waals surface area contributed by atoms with Gasteiger partial charge in [-0.3, -0.25) is 9.59 Å². The van der Waals surface area contributed by atoms with Gasteiger partial charge in [0.25, 0.3) is 0 Å². The Labute approximate surface area is 137 Å². The average molecular weight is 327 g/mol. The highest BCUT2D eigenvalue weighted by molar-refractivity contribution is 5.78. The molecule has 0 aromatic rings. The molecule has 0 aromatic heterocycles. The Kier molecular flexibility index (Phi) is 7.85. The minimum atomic E-state index is -0.920. The monoisotopic (exact) mass is 327 g/mol. The maximum absolute atomic E-state index is 12.1. The molecule has 1 aliphatic rings. The van der Waals surface area contributed by atoms with Gasteiger partial charge in [0.1, 0.15) is 0 Å². The summed E-state index contributed by atoms with van der Waals surface area (Å²) in [5.74, 6) is -1.12. The van der Waals surface area contributed by atoms with Crippen molar-refractivity contribution in [2.75, 3.05) is 26.2 Å². The third kappa shape index (κ3) is 7.34. The summed E-state index contributed by atoms with van der Waals surface area (Å²) in [7, 11) is 0. The molecule has 1 fully saturated rings. The summed E-state index contributed by atoms with van der Waals surface area (Å²) in [5.41, 5.74) is 0. The number of urea groups is 1. The second-order valence-corrected chi connectivity index (χ2v) is 6.78. The van der Waals surface area contributed by atoms with Crippen LogP contribution in [-0.2, 0) is 9.59 Å². The molecule has 0 saturated carbocycles. The second-order valence-electron chi connectivity index (χ2n) is 6.78. The molecule has 0 aliphatic carbocycles. The average Bonchev–Trinajstić information content (AvgIpc) is 2.50. The molecule has 1 aliphatic heterocycles. The molecule has 0 radical (unpaired) electrons. The highest BCUT2D eigenvalue weighted by atomic mass is 16.4. The number of rotatable bonds is 7. The van der Waals surface area contributed by atoms with Crippen LogP contribution in [0.1, 0.15) is 40.0 Å². The van der Waals surface area contributed by atoms with E-state index in [-0.39, 0.29) is 24.4 Å². The predicted molar refractivity (Wildman–Crippen MR) is 87.0 cm³/mol. The van der Waals surface area contributed by atoms with Gasteiger partial charge < -0.3 is 20.6 Å². The number of hydrogen-bond acceptors (Lipinski definition) is 3. The summed E-state index contributed by atoms with van der Waals surface area (Å²) in [6.07, 6.45) is 2.13. The van der Waals surface area contributed by atoms with Crippen LogP contribution in [0.2, 0.25) is 0 Å². The molecule has 1 heterocycles. The molecular formula is C16H29N3O4. The summed E-state index contributed by atoms with van der Waals surface area (Å²) in [6, 6.07) is -0.0664. The molecule has 2 unspecified atom stereocenters. The molecule has 3 amide bonds. The lowest BCUT2D eigenvalue weighted by atomic mass is 9.94. The fraction of sp³-hybridized carbons (Fsp3) is 0.812. The van der Waals surface area contributed by atoms with Crippen LogP contribution in [0.15, 0.2) is 0 Å². The number of likely N-dealkylation sites (tertiary alicyclic amines) is 1. The van der Waals surface area contributed by atoms with Crippen molar-refractivity contribution in [2.24, 2.45) is 17.8 Å². The zero-order valence-corrected chi connectivity index (χ0v) is 14.3. The van der Waals surface area contributed by atoms with Crippen LogP contribution in [0, 0.1) is 17.8 Å². The van der Waals surface area contributed by atoms with E-state index >= 15 is 0 Å². The van der Waals surface area contributed by atoms with E-state index in [0.717, 1.165) is 19.4 Å². The molecular weight excluding hydrogens is 298 g/mol. The van der Waals surface area contributed by atoms with Crippen molar-refractivity contribution in [1.82, 2.24) is 15.5 Å². The number of nitrogens with zero attached hydrogens (tertiary/aromatic N) is 1. The van der Waals surface area contributed by atoms with Gasteiger partial charge in [-0.15, -0.1) is 0 Å². The van der Waals surface area contributed by atoms with Crippen molar-refractivity contribution in [3.63, 3.8) is 0 Å². The van der Waals surface area contributed by atoms with E-state index in [2.05, 4.69) is 10.6 Å². The first-order valence-corrected chi connectivity index (χ1v) is 8.31. The summed E-state index contributed by atoms with van der Waals surface area (Å²) in [5, 5.41) is 14.4. The van der Waals surface area contributed by atoms with E-state index < -0.39 is 11.9 Å². The van der Waals surface area contributed by atoms with Crippen LogP contribution in [0.4, 0.5) is 4.79 Å². The van der Waals surface area contributed by atoms with E-state index in [0.29, 0.717) is 25.4 Å². The number of hydrogen-bond donors (Lipinski definition) is 3. The largest absolute Gasteiger partial charge is 0.481 e. The van der Waals surface area contributed by atoms with Crippen LogP contribution in [0.3, 0.4) is 0 Å². The van der Waals surface area contributed by atoms with E-state index in [1.54, 1.807) is 11.8 Å². The van der Waals surface area contributed by atoms with Crippen LogP contribution < -0.4 is 10.6 Å². The van der Waals surface area contributed by atoms with Gasteiger partial charge in [0.15, 0.2) is 0 Å². The van der Waals surface area contributed by atoms with Crippen LogP contribution >= 0.6 is 0 Å². The zero-order valence-electron chi connectivity index (χ0n) is 14.3. The third-order valence-corrected chi connectivity index (χ3v) is 3.97. The number of carbonyl (C=O) groups excluding carboxylic acids is 2. The van der Waals surface area contributed by atoms with Crippen molar-refractivity contribution in [3.05, 3.63) is 0 Å². The first-order chi connectivity index (χ1) is 10.8. The predicted octanol–water partition coefficient (Wildman–Crippen LogP) is 1.29. The highest BCUT2D eigenvalue weighted by Gasteiger charge is 2.25. The first-order valence-electron chi connectivity index (χ1n) is 8.31. The molecule has 7 heteroatoms. The zero-order chi connectivity index (χ0) is 17.4. The number of carboxylic acids is 1. The lowest BCUT2D eigenvalue weighted by Gasteiger charge is -2.32. The molecule has 1 rings (SSSR count). The van der Waals surface area contributed by atoms with Gasteiger partial charge in [-0.1, -0.05) is 20.8 Å². The molecule has 23 heavy (non-hydrogen) atoms. The maximum atomic E-state index is 12.1. The number of carboxylic acid groups (broad SMARTS) is 1. The Balaban J connectivity index is 2.35. The fourth-order valence-electron chi connectivity index (χ4n) is 2.51. The molecule has 7 nitrogen and oxygen atoms in total. The summed E-state index contributed by atoms with van der Waals surface area (Å²) >= 11 is 0. The molecule has 0 spiro atoms. The van der Waals surface area contributed by atoms with Gasteiger partial charge in [0, 0.05) is 32.6 Å². The quantitative estimate of drug-likeness (QED) is 0.656. The number of amides is 3. The SMILES string of the molecule is CC(C)CNC(=O)N1CCCC(CC(=O)NCC(C)C(=O)O)C1. The van der Waals surface area contributed by atoms with Gasteiger partial charge in [0.2, 0.25) is 5.91 Å². The number of piperidine rings is 1. The Bertz CT molecular complexity index is 426. The summed E-state index contributed by atoms with van der Waals surface area (Å²) in [6.45, 7) is 7.73. The summed E-state index contributed by atoms with van der Waals surface area (Å²) in [4.78, 5) is 36.5. The minimum absolute atomic E-state index is 0.0664. The van der Waals surface area contributed by atoms with E-state index in [9.17, 15) is 14.4 Å². The van der Waals surface area contributed by atoms with Gasteiger partial charge >= 0.3 is 12.0 Å². The number of carbonyl (C=O) groups is 3. The third-order valence-electron chi connectivity index (χ3n) is 3.97. The lowest BCUT2D eigenvalue weighted by molar-refractivity contribution is -0.141. The first kappa shape index (κ1) is 19.3. The van der Waals surface area contributed by atoms with E-state index in [1.165, 1.54) is 0 Å². The lowest BCUT2D eigenvalue weighted by Crippen LogP contribution is -2.47. The minimum Gasteiger partial charge on any atom is -0.481 e. The van der Waals surface area contributed by atoms with Crippen molar-refractivity contribution in [3.8, 4) is 0 Å². The van der Waals surface area contributed by atoms with Crippen molar-refractivity contribution < 1.29 is 19.5 Å². The Morgan fingerprint density at radius 3 is 2.48 bits per heavy atom. The van der Waals surface area contributed by atoms with Gasteiger partial charge in [-0.2, -0.15) is 0 Å². The van der Waals surface area contributed by atoms with Crippen LogP contribution in [0.5, 0.6) is 0 Å². The smallest absolute Gasteiger partial charge is 0.317 e. The number of aliphatic carboxylic acids is 1. The van der Waals surface area contributed by atoms with E-state index in [1.807, 2.05) is 13.8 Å². The Morgan fingerprint density at radius 2 is 1.87 bits per heavy atom. The van der Waals surface area contributed by atoms with Gasteiger partial charge in [-0.05, 0) is 24.7 Å². The summed E-state index contributed by atoms with van der Waals surface area (Å²) < 4.78 is 0. The molecule has 1 saturated heterocycles. The standard InChI is InChI=1S/C16H29N3O4/c1-11(2)8-18-16(23)19-6-4-5-13(10-19)7-14(20)17-9-12(3)15(21)22/h11-13H,4-10H2,1-3H3,(H,17,20)(H,18,23)(H,21,22). The molecule has 3 N–H and O–H groups in total. The topological polar surface area (TPSA) is 98.7 Å². The Morgan fingerprint density at radius 1 is 1.17 bits per heavy atom.